The first-order chi connectivity index (χ1) is 22.5. The maximum Gasteiger partial charge on any atom is 0.407 e. The first-order valence-electron chi connectivity index (χ1n) is 16.0. The number of rotatable bonds is 15. The molecule has 0 aromatic heterocycles. The number of hydrogen-bond donors (Lipinski definition) is 4. The third-order valence-electron chi connectivity index (χ3n) is 8.66. The number of nitrogen functional groups attached to an aromatic ring is 1. The number of nitrogens with two attached hydrogens (primary N) is 1. The summed E-state index contributed by atoms with van der Waals surface area (Å²) < 4.78 is 34.4. The van der Waals surface area contributed by atoms with Gasteiger partial charge in [-0.2, -0.15) is 4.31 Å². The molecule has 12 heteroatoms. The molecule has 11 nitrogen and oxygen atoms in total. The number of anilines is 1. The molecule has 47 heavy (non-hydrogen) atoms. The quantitative estimate of drug-likeness (QED) is 0.181. The molecule has 2 amide bonds. The molecule has 5 N–H and O–H groups in total. The number of sulfonamides is 1. The first kappa shape index (κ1) is 35.9. The van der Waals surface area contributed by atoms with Crippen molar-refractivity contribution >= 4 is 27.7 Å². The third-order valence-corrected chi connectivity index (χ3v) is 10.6. The molecule has 3 atom stereocenters. The Morgan fingerprint density at radius 1 is 0.915 bits per heavy atom. The highest BCUT2D eigenvalue weighted by atomic mass is 32.2. The van der Waals surface area contributed by atoms with Crippen molar-refractivity contribution < 1.29 is 22.7 Å². The smallest absolute Gasteiger partial charge is 0.407 e. The van der Waals surface area contributed by atoms with Crippen LogP contribution in [0.4, 0.5) is 10.5 Å². The molecule has 3 aromatic rings. The van der Waals surface area contributed by atoms with Crippen molar-refractivity contribution in [2.24, 2.45) is 5.92 Å². The molecule has 4 rings (SSSR count). The second-order valence-corrected chi connectivity index (χ2v) is 14.2. The van der Waals surface area contributed by atoms with Gasteiger partial charge in [-0.1, -0.05) is 74.5 Å². The first-order valence-corrected chi connectivity index (χ1v) is 17.5. The summed E-state index contributed by atoms with van der Waals surface area (Å²) in [5.74, 6) is -0.500. The molecule has 0 aliphatic carbocycles. The number of alkyl carbamates (subject to hydrolysis) is 1. The summed E-state index contributed by atoms with van der Waals surface area (Å²) in [4.78, 5) is 28.6. The Balaban J connectivity index is 1.50. The Kier molecular flexibility index (Phi) is 12.8. The zero-order valence-electron chi connectivity index (χ0n) is 27.6. The van der Waals surface area contributed by atoms with Gasteiger partial charge in [-0.3, -0.25) is 9.69 Å². The number of likely N-dealkylation sites (N-methyl/N-ethyl adjacent to an activating group) is 1. The summed E-state index contributed by atoms with van der Waals surface area (Å²) in [6.07, 6.45) is 0.0123. The Bertz CT molecular complexity index is 1500. The molecule has 1 fully saturated rings. The van der Waals surface area contributed by atoms with E-state index < -0.39 is 28.1 Å². The van der Waals surface area contributed by atoms with Crippen LogP contribution in [0.25, 0.3) is 0 Å². The predicted molar refractivity (Wildman–Crippen MR) is 184 cm³/mol. The topological polar surface area (TPSA) is 146 Å². The van der Waals surface area contributed by atoms with Crippen LogP contribution in [0.5, 0.6) is 0 Å². The van der Waals surface area contributed by atoms with E-state index in [-0.39, 0.29) is 29.4 Å². The van der Waals surface area contributed by atoms with Crippen molar-refractivity contribution in [2.75, 3.05) is 52.6 Å². The molecule has 0 spiro atoms. The second-order valence-electron chi connectivity index (χ2n) is 12.3. The highest BCUT2D eigenvalue weighted by Gasteiger charge is 2.41. The molecule has 0 saturated carbocycles. The number of hydrogen-bond acceptors (Lipinski definition) is 8. The van der Waals surface area contributed by atoms with Gasteiger partial charge in [0, 0.05) is 50.4 Å². The Morgan fingerprint density at radius 3 is 2.04 bits per heavy atom. The maximum atomic E-state index is 13.9. The lowest BCUT2D eigenvalue weighted by atomic mass is 9.84. The van der Waals surface area contributed by atoms with Crippen molar-refractivity contribution in [2.45, 2.75) is 49.2 Å². The largest absolute Gasteiger partial charge is 0.453 e. The van der Waals surface area contributed by atoms with Gasteiger partial charge in [0.05, 0.1) is 18.0 Å². The fourth-order valence-electron chi connectivity index (χ4n) is 6.03. The molecule has 0 radical (unpaired) electrons. The lowest BCUT2D eigenvalue weighted by Gasteiger charge is -2.36. The summed E-state index contributed by atoms with van der Waals surface area (Å²) >= 11 is 0. The van der Waals surface area contributed by atoms with E-state index in [1.807, 2.05) is 67.7 Å². The summed E-state index contributed by atoms with van der Waals surface area (Å²) in [6.45, 7) is 6.39. The van der Waals surface area contributed by atoms with Gasteiger partial charge in [0.15, 0.2) is 0 Å². The number of amides is 2. The molecule has 1 heterocycles. The van der Waals surface area contributed by atoms with E-state index >= 15 is 0 Å². The predicted octanol–water partition coefficient (Wildman–Crippen LogP) is 3.25. The van der Waals surface area contributed by atoms with Crippen molar-refractivity contribution in [1.29, 1.82) is 0 Å². The highest BCUT2D eigenvalue weighted by molar-refractivity contribution is 7.89. The van der Waals surface area contributed by atoms with E-state index in [1.54, 1.807) is 28.6 Å². The van der Waals surface area contributed by atoms with Crippen LogP contribution in [0.2, 0.25) is 0 Å². The SMILES string of the molecule is COC(=O)NC(C(=O)NCCN(C)C1CNCC1N(CCC(C)C)S(=O)(=O)c1ccc(N)cc1)C(c1ccccc1)c1ccccc1. The fourth-order valence-corrected chi connectivity index (χ4v) is 7.70. The minimum absolute atomic E-state index is 0.131. The third kappa shape index (κ3) is 9.32. The van der Waals surface area contributed by atoms with E-state index in [0.29, 0.717) is 37.8 Å². The van der Waals surface area contributed by atoms with E-state index in [2.05, 4.69) is 34.7 Å². The van der Waals surface area contributed by atoms with Crippen LogP contribution in [0.3, 0.4) is 0 Å². The van der Waals surface area contributed by atoms with Crippen molar-refractivity contribution in [1.82, 2.24) is 25.2 Å². The van der Waals surface area contributed by atoms with Crippen LogP contribution in [-0.4, -0.2) is 94.6 Å². The average Bonchev–Trinajstić information content (AvgIpc) is 3.55. The van der Waals surface area contributed by atoms with Gasteiger partial charge >= 0.3 is 6.09 Å². The van der Waals surface area contributed by atoms with E-state index in [9.17, 15) is 18.0 Å². The number of methoxy groups -OCH3 is 1. The Labute approximate surface area is 278 Å². The van der Waals surface area contributed by atoms with Gasteiger partial charge in [-0.05, 0) is 54.8 Å². The van der Waals surface area contributed by atoms with Crippen molar-refractivity contribution in [3.8, 4) is 0 Å². The van der Waals surface area contributed by atoms with Gasteiger partial charge in [-0.15, -0.1) is 0 Å². The van der Waals surface area contributed by atoms with E-state index in [0.717, 1.165) is 17.5 Å². The van der Waals surface area contributed by atoms with Crippen LogP contribution < -0.4 is 21.7 Å². The molecule has 1 aliphatic heterocycles. The Morgan fingerprint density at radius 2 is 1.49 bits per heavy atom. The van der Waals surface area contributed by atoms with Gasteiger partial charge in [0.25, 0.3) is 0 Å². The van der Waals surface area contributed by atoms with Gasteiger partial charge in [0.1, 0.15) is 6.04 Å². The highest BCUT2D eigenvalue weighted by Crippen LogP contribution is 2.29. The van der Waals surface area contributed by atoms with E-state index in [4.69, 9.17) is 10.5 Å². The minimum atomic E-state index is -3.80. The fraction of sp³-hybridized carbons (Fsp3) is 0.429. The number of benzene rings is 3. The lowest BCUT2D eigenvalue weighted by Crippen LogP contribution is -2.54. The summed E-state index contributed by atoms with van der Waals surface area (Å²) in [5.41, 5.74) is 8.08. The van der Waals surface area contributed by atoms with Crippen LogP contribution in [0.1, 0.15) is 37.3 Å². The average molecular weight is 665 g/mol. The number of carbonyl (C=O) groups is 2. The van der Waals surface area contributed by atoms with Crippen LogP contribution in [-0.2, 0) is 19.6 Å². The molecule has 3 aromatic carbocycles. The summed E-state index contributed by atoms with van der Waals surface area (Å²) in [6, 6.07) is 24.1. The van der Waals surface area contributed by atoms with Crippen LogP contribution >= 0.6 is 0 Å². The maximum absolute atomic E-state index is 13.9. The van der Waals surface area contributed by atoms with Crippen LogP contribution in [0.15, 0.2) is 89.8 Å². The lowest BCUT2D eigenvalue weighted by molar-refractivity contribution is -0.123. The molecule has 1 saturated heterocycles. The standard InChI is InChI=1S/C35H48N6O5S/c1-25(2)19-21-41(47(44,45)29-17-15-28(36)16-18-29)31-24-37-23-30(31)40(3)22-20-38-34(42)33(39-35(43)46-4)32(26-11-7-5-8-12-26)27-13-9-6-10-14-27/h5-18,25,30-33,37H,19-24,36H2,1-4H3,(H,38,42)(H,39,43). The Hall–Kier alpha value is -3.97. The van der Waals surface area contributed by atoms with Crippen molar-refractivity contribution in [3.63, 3.8) is 0 Å². The number of nitrogens with one attached hydrogen (secondary N) is 3. The zero-order valence-corrected chi connectivity index (χ0v) is 28.5. The minimum Gasteiger partial charge on any atom is -0.453 e. The van der Waals surface area contributed by atoms with Crippen LogP contribution in [0, 0.1) is 5.92 Å². The summed E-state index contributed by atoms with van der Waals surface area (Å²) in [7, 11) is -0.590. The molecule has 0 bridgehead atoms. The number of ether oxygens (including phenoxy) is 1. The molecule has 254 valence electrons. The zero-order chi connectivity index (χ0) is 34.0. The monoisotopic (exact) mass is 664 g/mol. The molecule has 1 aliphatic rings. The van der Waals surface area contributed by atoms with Gasteiger partial charge in [-0.25, -0.2) is 13.2 Å². The van der Waals surface area contributed by atoms with Gasteiger partial charge < -0.3 is 26.4 Å². The number of nitrogens with zero attached hydrogens (tertiary/aromatic N) is 2. The van der Waals surface area contributed by atoms with Gasteiger partial charge in [0.2, 0.25) is 15.9 Å². The number of carbonyl (C=O) groups excluding carboxylic acids is 2. The normalized spacial score (nSPS) is 17.3. The molecular weight excluding hydrogens is 616 g/mol. The second kappa shape index (κ2) is 16.7. The van der Waals surface area contributed by atoms with Crippen molar-refractivity contribution in [3.05, 3.63) is 96.1 Å². The molecular formula is C35H48N6O5S. The van der Waals surface area contributed by atoms with E-state index in [1.165, 1.54) is 7.11 Å². The molecule has 3 unspecified atom stereocenters. The summed E-state index contributed by atoms with van der Waals surface area (Å²) in [5, 5.41) is 9.16.